The Morgan fingerprint density at radius 2 is 2.25 bits per heavy atom. The Balaban J connectivity index is 1.61. The fourth-order valence-corrected chi connectivity index (χ4v) is 3.47. The van der Waals surface area contributed by atoms with Crippen molar-refractivity contribution in [2.75, 3.05) is 6.61 Å². The molecule has 4 rings (SSSR count). The molecule has 2 fully saturated rings. The van der Waals surface area contributed by atoms with Crippen molar-refractivity contribution in [3.63, 3.8) is 0 Å². The summed E-state index contributed by atoms with van der Waals surface area (Å²) in [6.45, 7) is 0.663. The van der Waals surface area contributed by atoms with Gasteiger partial charge in [-0.2, -0.15) is 0 Å². The highest BCUT2D eigenvalue weighted by molar-refractivity contribution is 5.83. The van der Waals surface area contributed by atoms with Crippen molar-refractivity contribution in [3.8, 4) is 0 Å². The molecule has 0 unspecified atom stereocenters. The molecule has 0 radical (unpaired) electrons. The molecule has 1 aromatic carbocycles. The van der Waals surface area contributed by atoms with Gasteiger partial charge in [0.2, 0.25) is 5.91 Å². The predicted octanol–water partition coefficient (Wildman–Crippen LogP) is 2.45. The number of carbonyl (C=O) groups excluding carboxylic acids is 1. The predicted molar refractivity (Wildman–Crippen MR) is 76.2 cm³/mol. The summed E-state index contributed by atoms with van der Waals surface area (Å²) in [5, 5.41) is 1.25. The van der Waals surface area contributed by atoms with Gasteiger partial charge in [0.05, 0.1) is 12.6 Å². The zero-order valence-electron chi connectivity index (χ0n) is 11.3. The van der Waals surface area contributed by atoms with E-state index in [0.29, 0.717) is 13.0 Å². The molecule has 4 nitrogen and oxygen atoms in total. The maximum Gasteiger partial charge on any atom is 0.224 e. The first-order valence-electron chi connectivity index (χ1n) is 7.31. The Kier molecular flexibility index (Phi) is 2.77. The average molecular weight is 270 g/mol. The van der Waals surface area contributed by atoms with E-state index in [1.807, 2.05) is 11.0 Å². The summed E-state index contributed by atoms with van der Waals surface area (Å²) >= 11 is 0. The number of rotatable bonds is 2. The molecule has 0 spiro atoms. The van der Waals surface area contributed by atoms with Crippen LogP contribution in [-0.2, 0) is 16.0 Å². The minimum atomic E-state index is 0.0199. The van der Waals surface area contributed by atoms with E-state index in [2.05, 4.69) is 29.4 Å². The zero-order chi connectivity index (χ0) is 13.5. The Morgan fingerprint density at radius 1 is 1.35 bits per heavy atom. The lowest BCUT2D eigenvalue weighted by Gasteiger charge is -2.31. The number of ether oxygens (including phenoxy) is 1. The Hall–Kier alpha value is -1.81. The Bertz CT molecular complexity index is 649. The lowest BCUT2D eigenvalue weighted by atomic mass is 10.0. The summed E-state index contributed by atoms with van der Waals surface area (Å²) in [6.07, 6.45) is 5.56. The van der Waals surface area contributed by atoms with Gasteiger partial charge < -0.3 is 14.6 Å². The van der Waals surface area contributed by atoms with Gasteiger partial charge in [0.1, 0.15) is 6.23 Å². The second-order valence-electron chi connectivity index (χ2n) is 5.70. The van der Waals surface area contributed by atoms with Crippen molar-refractivity contribution < 1.29 is 9.53 Å². The highest BCUT2D eigenvalue weighted by Crippen LogP contribution is 2.30. The Labute approximate surface area is 117 Å². The van der Waals surface area contributed by atoms with E-state index in [-0.39, 0.29) is 18.2 Å². The third-order valence-electron chi connectivity index (χ3n) is 4.44. The molecule has 0 saturated carbocycles. The number of hydrogen-bond acceptors (Lipinski definition) is 2. The first kappa shape index (κ1) is 12.0. The fourth-order valence-electron chi connectivity index (χ4n) is 3.47. The van der Waals surface area contributed by atoms with Crippen LogP contribution >= 0.6 is 0 Å². The van der Waals surface area contributed by atoms with Gasteiger partial charge in [-0.3, -0.25) is 4.79 Å². The SMILES string of the molecule is O=C1CCC[C@H]2OC[C@@H](Cc3c[nH]c4ccccc34)N12. The van der Waals surface area contributed by atoms with Crippen molar-refractivity contribution >= 4 is 16.8 Å². The number of nitrogens with one attached hydrogen (secondary N) is 1. The van der Waals surface area contributed by atoms with E-state index in [1.54, 1.807) is 0 Å². The van der Waals surface area contributed by atoms with E-state index in [0.717, 1.165) is 24.8 Å². The standard InChI is InChI=1S/C16H18N2O2/c19-15-6-3-7-16-18(15)12(10-20-16)8-11-9-17-14-5-2-1-4-13(11)14/h1-2,4-5,9,12,16-17H,3,6-8,10H2/t12-,16-/m1/s1. The van der Waals surface area contributed by atoms with Gasteiger partial charge in [0.25, 0.3) is 0 Å². The maximum absolute atomic E-state index is 12.1. The van der Waals surface area contributed by atoms with Crippen molar-refractivity contribution in [3.05, 3.63) is 36.0 Å². The van der Waals surface area contributed by atoms with Crippen LogP contribution < -0.4 is 0 Å². The molecule has 0 bridgehead atoms. The van der Waals surface area contributed by atoms with Crippen molar-refractivity contribution in [2.24, 2.45) is 0 Å². The Morgan fingerprint density at radius 3 is 3.20 bits per heavy atom. The number of aromatic nitrogens is 1. The minimum Gasteiger partial charge on any atom is -0.361 e. The third kappa shape index (κ3) is 1.83. The fraction of sp³-hybridized carbons (Fsp3) is 0.438. The molecular formula is C16H18N2O2. The van der Waals surface area contributed by atoms with Crippen LogP contribution in [0.4, 0.5) is 0 Å². The highest BCUT2D eigenvalue weighted by atomic mass is 16.5. The lowest BCUT2D eigenvalue weighted by molar-refractivity contribution is -0.142. The summed E-state index contributed by atoms with van der Waals surface area (Å²) in [7, 11) is 0. The normalized spacial score (nSPS) is 26.2. The molecule has 4 heteroatoms. The molecule has 1 N–H and O–H groups in total. The van der Waals surface area contributed by atoms with E-state index in [4.69, 9.17) is 4.74 Å². The van der Waals surface area contributed by atoms with E-state index >= 15 is 0 Å². The lowest BCUT2D eigenvalue weighted by Crippen LogP contribution is -2.45. The van der Waals surface area contributed by atoms with Crippen LogP contribution in [0.15, 0.2) is 30.5 Å². The maximum atomic E-state index is 12.1. The van der Waals surface area contributed by atoms with Crippen LogP contribution in [0.3, 0.4) is 0 Å². The minimum absolute atomic E-state index is 0.0199. The zero-order valence-corrected chi connectivity index (χ0v) is 11.3. The van der Waals surface area contributed by atoms with Gasteiger partial charge in [-0.1, -0.05) is 18.2 Å². The molecule has 0 aliphatic carbocycles. The molecule has 1 aromatic heterocycles. The summed E-state index contributed by atoms with van der Waals surface area (Å²) < 4.78 is 5.80. The summed E-state index contributed by atoms with van der Waals surface area (Å²) in [6, 6.07) is 8.49. The quantitative estimate of drug-likeness (QED) is 0.911. The second-order valence-corrected chi connectivity index (χ2v) is 5.70. The molecular weight excluding hydrogens is 252 g/mol. The molecule has 2 saturated heterocycles. The number of carbonyl (C=O) groups is 1. The van der Waals surface area contributed by atoms with Crippen LogP contribution in [-0.4, -0.2) is 34.7 Å². The summed E-state index contributed by atoms with van der Waals surface area (Å²) in [5.41, 5.74) is 2.43. The number of nitrogens with zero attached hydrogens (tertiary/aromatic N) is 1. The van der Waals surface area contributed by atoms with Gasteiger partial charge >= 0.3 is 0 Å². The number of aromatic amines is 1. The molecule has 2 aromatic rings. The van der Waals surface area contributed by atoms with Crippen LogP contribution in [0.2, 0.25) is 0 Å². The van der Waals surface area contributed by atoms with E-state index in [1.165, 1.54) is 10.9 Å². The van der Waals surface area contributed by atoms with Crippen LogP contribution in [0.5, 0.6) is 0 Å². The molecule has 2 atom stereocenters. The number of benzene rings is 1. The highest BCUT2D eigenvalue weighted by Gasteiger charge is 2.39. The number of para-hydroxylation sites is 1. The average Bonchev–Trinajstić information content (AvgIpc) is 3.06. The first-order valence-corrected chi connectivity index (χ1v) is 7.31. The number of piperidine rings is 1. The van der Waals surface area contributed by atoms with Gasteiger partial charge in [-0.05, 0) is 30.9 Å². The van der Waals surface area contributed by atoms with Crippen LogP contribution in [0, 0.1) is 0 Å². The number of hydrogen-bond donors (Lipinski definition) is 1. The summed E-state index contributed by atoms with van der Waals surface area (Å²) in [4.78, 5) is 17.4. The van der Waals surface area contributed by atoms with E-state index < -0.39 is 0 Å². The van der Waals surface area contributed by atoms with Gasteiger partial charge in [-0.25, -0.2) is 0 Å². The molecule has 104 valence electrons. The number of amides is 1. The number of H-pyrrole nitrogens is 1. The molecule has 2 aliphatic heterocycles. The second kappa shape index (κ2) is 4.63. The molecule has 20 heavy (non-hydrogen) atoms. The number of fused-ring (bicyclic) bond motifs is 2. The molecule has 3 heterocycles. The topological polar surface area (TPSA) is 45.3 Å². The van der Waals surface area contributed by atoms with E-state index in [9.17, 15) is 4.79 Å². The largest absolute Gasteiger partial charge is 0.361 e. The smallest absolute Gasteiger partial charge is 0.224 e. The summed E-state index contributed by atoms with van der Waals surface area (Å²) in [5.74, 6) is 0.253. The van der Waals surface area contributed by atoms with Gasteiger partial charge in [0, 0.05) is 23.5 Å². The van der Waals surface area contributed by atoms with Gasteiger partial charge in [0.15, 0.2) is 0 Å². The van der Waals surface area contributed by atoms with Crippen molar-refractivity contribution in [1.82, 2.24) is 9.88 Å². The van der Waals surface area contributed by atoms with Crippen molar-refractivity contribution in [1.29, 1.82) is 0 Å². The monoisotopic (exact) mass is 270 g/mol. The third-order valence-corrected chi connectivity index (χ3v) is 4.44. The van der Waals surface area contributed by atoms with Gasteiger partial charge in [-0.15, -0.1) is 0 Å². The molecule has 1 amide bonds. The van der Waals surface area contributed by atoms with Crippen LogP contribution in [0.1, 0.15) is 24.8 Å². The van der Waals surface area contributed by atoms with Crippen LogP contribution in [0.25, 0.3) is 10.9 Å². The first-order chi connectivity index (χ1) is 9.83. The van der Waals surface area contributed by atoms with Crippen molar-refractivity contribution in [2.45, 2.75) is 38.0 Å². The molecule has 2 aliphatic rings.